The molecular weight excluding hydrogens is 228 g/mol. The normalized spacial score (nSPS) is 11.7. The molecule has 18 heavy (non-hydrogen) atoms. The molecule has 102 valence electrons. The fourth-order valence-corrected chi connectivity index (χ4v) is 1.77. The molecule has 0 bridgehead atoms. The van der Waals surface area contributed by atoms with Crippen LogP contribution in [-0.4, -0.2) is 23.4 Å². The summed E-state index contributed by atoms with van der Waals surface area (Å²) in [6, 6.07) is 5.60. The zero-order chi connectivity index (χ0) is 13.8. The zero-order valence-corrected chi connectivity index (χ0v) is 11.7. The van der Waals surface area contributed by atoms with Gasteiger partial charge >= 0.3 is 0 Å². The predicted molar refractivity (Wildman–Crippen MR) is 76.0 cm³/mol. The van der Waals surface area contributed by atoms with Gasteiger partial charge in [0.25, 0.3) is 0 Å². The number of hydrogen-bond acceptors (Lipinski definition) is 4. The Balaban J connectivity index is 2.85. The summed E-state index contributed by atoms with van der Waals surface area (Å²) in [5.74, 6) is 0.757. The lowest BCUT2D eigenvalue weighted by molar-refractivity contribution is 0.242. The topological polar surface area (TPSA) is 67.5 Å². The third-order valence-electron chi connectivity index (χ3n) is 2.52. The smallest absolute Gasteiger partial charge is 0.123 e. The Labute approximate surface area is 109 Å². The highest BCUT2D eigenvalue weighted by molar-refractivity contribution is 5.60. The van der Waals surface area contributed by atoms with E-state index in [1.165, 1.54) is 0 Å². The monoisotopic (exact) mass is 252 g/mol. The minimum atomic E-state index is -0.183. The lowest BCUT2D eigenvalue weighted by Gasteiger charge is -2.27. The number of anilines is 2. The van der Waals surface area contributed by atoms with Crippen molar-refractivity contribution in [2.45, 2.75) is 45.8 Å². The van der Waals surface area contributed by atoms with E-state index in [1.54, 1.807) is 0 Å². The summed E-state index contributed by atoms with van der Waals surface area (Å²) >= 11 is 0. The molecule has 1 aromatic rings. The Kier molecular flexibility index (Phi) is 4.84. The van der Waals surface area contributed by atoms with Crippen molar-refractivity contribution in [2.75, 3.05) is 17.7 Å². The zero-order valence-electron chi connectivity index (χ0n) is 11.7. The highest BCUT2D eigenvalue weighted by Gasteiger charge is 2.17. The second kappa shape index (κ2) is 5.96. The Morgan fingerprint density at radius 3 is 2.56 bits per heavy atom. The fraction of sp³-hybridized carbons (Fsp3) is 0.571. The fourth-order valence-electron chi connectivity index (χ4n) is 1.77. The molecule has 4 N–H and O–H groups in total. The van der Waals surface area contributed by atoms with Crippen LogP contribution in [0.25, 0.3) is 0 Å². The average Bonchev–Trinajstić information content (AvgIpc) is 2.13. The van der Waals surface area contributed by atoms with Gasteiger partial charge in [-0.25, -0.2) is 0 Å². The molecule has 0 aliphatic rings. The molecule has 0 saturated heterocycles. The number of nitrogen functional groups attached to an aromatic ring is 1. The minimum absolute atomic E-state index is 0.116. The number of rotatable bonds is 6. The summed E-state index contributed by atoms with van der Waals surface area (Å²) in [4.78, 5) is 0. The van der Waals surface area contributed by atoms with Crippen LogP contribution in [0.3, 0.4) is 0 Å². The van der Waals surface area contributed by atoms with Gasteiger partial charge in [-0.3, -0.25) is 0 Å². The van der Waals surface area contributed by atoms with Gasteiger partial charge in [-0.05, 0) is 40.2 Å². The molecule has 0 radical (unpaired) electrons. The maximum atomic E-state index is 9.02. The summed E-state index contributed by atoms with van der Waals surface area (Å²) < 4.78 is 5.64. The Hall–Kier alpha value is -1.42. The first-order valence-corrected chi connectivity index (χ1v) is 6.29. The van der Waals surface area contributed by atoms with Gasteiger partial charge in [0, 0.05) is 35.7 Å². The third kappa shape index (κ3) is 4.84. The summed E-state index contributed by atoms with van der Waals surface area (Å²) in [5, 5.41) is 12.4. The van der Waals surface area contributed by atoms with Crippen molar-refractivity contribution in [3.63, 3.8) is 0 Å². The van der Waals surface area contributed by atoms with Crippen molar-refractivity contribution in [3.8, 4) is 5.75 Å². The average molecular weight is 252 g/mol. The molecule has 1 rings (SSSR count). The number of hydrogen-bond donors (Lipinski definition) is 3. The molecule has 0 unspecified atom stereocenters. The standard InChI is InChI=1S/C14H24N2O2/c1-10(2)18-13-8-11(15)7-12(9-13)16-14(3,4)5-6-17/h7-10,16-17H,5-6,15H2,1-4H3. The van der Waals surface area contributed by atoms with Crippen molar-refractivity contribution < 1.29 is 9.84 Å². The van der Waals surface area contributed by atoms with Crippen molar-refractivity contribution in [3.05, 3.63) is 18.2 Å². The highest BCUT2D eigenvalue weighted by Crippen LogP contribution is 2.26. The second-order valence-electron chi connectivity index (χ2n) is 5.44. The van der Waals surface area contributed by atoms with E-state index >= 15 is 0 Å². The molecule has 4 heteroatoms. The number of aliphatic hydroxyl groups excluding tert-OH is 1. The van der Waals surface area contributed by atoms with Gasteiger partial charge in [0.1, 0.15) is 5.75 Å². The first kappa shape index (κ1) is 14.6. The highest BCUT2D eigenvalue weighted by atomic mass is 16.5. The van der Waals surface area contributed by atoms with Crippen molar-refractivity contribution in [1.29, 1.82) is 0 Å². The number of ether oxygens (including phenoxy) is 1. The largest absolute Gasteiger partial charge is 0.491 e. The molecule has 0 saturated carbocycles. The molecule has 0 aliphatic carbocycles. The van der Waals surface area contributed by atoms with E-state index < -0.39 is 0 Å². The van der Waals surface area contributed by atoms with Crippen LogP contribution >= 0.6 is 0 Å². The summed E-state index contributed by atoms with van der Waals surface area (Å²) in [6.07, 6.45) is 0.785. The van der Waals surface area contributed by atoms with E-state index in [9.17, 15) is 0 Å². The first-order chi connectivity index (χ1) is 8.32. The van der Waals surface area contributed by atoms with Crippen molar-refractivity contribution >= 4 is 11.4 Å². The first-order valence-electron chi connectivity index (χ1n) is 6.29. The molecular formula is C14H24N2O2. The molecule has 0 amide bonds. The molecule has 0 fully saturated rings. The maximum absolute atomic E-state index is 9.02. The number of nitrogens with one attached hydrogen (secondary N) is 1. The van der Waals surface area contributed by atoms with Crippen LogP contribution in [0.15, 0.2) is 18.2 Å². The van der Waals surface area contributed by atoms with Gasteiger partial charge in [0.05, 0.1) is 6.10 Å². The van der Waals surface area contributed by atoms with E-state index in [4.69, 9.17) is 15.6 Å². The van der Waals surface area contributed by atoms with E-state index in [-0.39, 0.29) is 18.2 Å². The lowest BCUT2D eigenvalue weighted by Crippen LogP contribution is -2.31. The van der Waals surface area contributed by atoms with Gasteiger partial charge in [-0.1, -0.05) is 0 Å². The van der Waals surface area contributed by atoms with Gasteiger partial charge in [-0.2, -0.15) is 0 Å². The van der Waals surface area contributed by atoms with E-state index in [0.717, 1.165) is 11.4 Å². The Morgan fingerprint density at radius 1 is 1.33 bits per heavy atom. The van der Waals surface area contributed by atoms with Crippen LogP contribution in [0, 0.1) is 0 Å². The Bertz CT molecular complexity index is 389. The minimum Gasteiger partial charge on any atom is -0.491 e. The molecule has 0 spiro atoms. The summed E-state index contributed by atoms with van der Waals surface area (Å²) in [6.45, 7) is 8.18. The van der Waals surface area contributed by atoms with Gasteiger partial charge in [0.2, 0.25) is 0 Å². The Morgan fingerprint density at radius 2 is 2.00 bits per heavy atom. The van der Waals surface area contributed by atoms with Crippen LogP contribution in [0.5, 0.6) is 5.75 Å². The molecule has 1 aromatic carbocycles. The van der Waals surface area contributed by atoms with Crippen LogP contribution in [0.4, 0.5) is 11.4 Å². The lowest BCUT2D eigenvalue weighted by atomic mass is 10.0. The quantitative estimate of drug-likeness (QED) is 0.681. The van der Waals surface area contributed by atoms with E-state index in [2.05, 4.69) is 5.32 Å². The second-order valence-corrected chi connectivity index (χ2v) is 5.44. The number of aliphatic hydroxyl groups is 1. The van der Waals surface area contributed by atoms with Crippen molar-refractivity contribution in [1.82, 2.24) is 0 Å². The van der Waals surface area contributed by atoms with Crippen LogP contribution in [0.1, 0.15) is 34.1 Å². The van der Waals surface area contributed by atoms with Crippen LogP contribution in [-0.2, 0) is 0 Å². The summed E-state index contributed by atoms with van der Waals surface area (Å²) in [5.41, 5.74) is 7.24. The van der Waals surface area contributed by atoms with Gasteiger partial charge in [-0.15, -0.1) is 0 Å². The number of nitrogens with two attached hydrogens (primary N) is 1. The maximum Gasteiger partial charge on any atom is 0.123 e. The van der Waals surface area contributed by atoms with Crippen LogP contribution < -0.4 is 15.8 Å². The predicted octanol–water partition coefficient (Wildman–Crippen LogP) is 2.63. The molecule has 4 nitrogen and oxygen atoms in total. The summed E-state index contributed by atoms with van der Waals surface area (Å²) in [7, 11) is 0. The molecule has 0 atom stereocenters. The SMILES string of the molecule is CC(C)Oc1cc(N)cc(NC(C)(C)CCO)c1. The van der Waals surface area contributed by atoms with Crippen molar-refractivity contribution in [2.24, 2.45) is 0 Å². The molecule has 0 aromatic heterocycles. The van der Waals surface area contributed by atoms with E-state index in [0.29, 0.717) is 12.1 Å². The molecule has 0 aliphatic heterocycles. The third-order valence-corrected chi connectivity index (χ3v) is 2.52. The van der Waals surface area contributed by atoms with Gasteiger partial charge < -0.3 is 20.9 Å². The van der Waals surface area contributed by atoms with Gasteiger partial charge in [0.15, 0.2) is 0 Å². The number of benzene rings is 1. The molecule has 0 heterocycles. The van der Waals surface area contributed by atoms with Crippen LogP contribution in [0.2, 0.25) is 0 Å². The van der Waals surface area contributed by atoms with E-state index in [1.807, 2.05) is 45.9 Å².